The Labute approximate surface area is 87.1 Å². The van der Waals surface area contributed by atoms with Crippen LogP contribution in [0.25, 0.3) is 0 Å². The summed E-state index contributed by atoms with van der Waals surface area (Å²) in [5.41, 5.74) is 0.481. The van der Waals surface area contributed by atoms with Crippen LogP contribution in [0, 0.1) is 0 Å². The van der Waals surface area contributed by atoms with Crippen molar-refractivity contribution in [2.24, 2.45) is 0 Å². The van der Waals surface area contributed by atoms with Crippen LogP contribution in [0.3, 0.4) is 0 Å². The highest BCUT2D eigenvalue weighted by Gasteiger charge is 2.28. The minimum Gasteiger partial charge on any atom is -0.314 e. The van der Waals surface area contributed by atoms with Gasteiger partial charge in [-0.15, -0.1) is 0 Å². The van der Waals surface area contributed by atoms with Gasteiger partial charge in [0.2, 0.25) is 0 Å². The SMILES string of the molecule is CNCC(F)(F)Cc1ccccc1Cl. The summed E-state index contributed by atoms with van der Waals surface area (Å²) in [6, 6.07) is 6.66. The third kappa shape index (κ3) is 3.24. The lowest BCUT2D eigenvalue weighted by molar-refractivity contribution is 0.00452. The minimum atomic E-state index is -2.75. The fourth-order valence-corrected chi connectivity index (χ4v) is 1.44. The monoisotopic (exact) mass is 219 g/mol. The van der Waals surface area contributed by atoms with Gasteiger partial charge in [0, 0.05) is 11.4 Å². The summed E-state index contributed by atoms with van der Waals surface area (Å²) in [7, 11) is 1.50. The second kappa shape index (κ2) is 4.71. The van der Waals surface area contributed by atoms with Crippen molar-refractivity contribution in [3.63, 3.8) is 0 Å². The van der Waals surface area contributed by atoms with Crippen LogP contribution in [0.15, 0.2) is 24.3 Å². The molecule has 0 saturated carbocycles. The standard InChI is InChI=1S/C10H12ClF2N/c1-14-7-10(12,13)6-8-4-2-3-5-9(8)11/h2-5,14H,6-7H2,1H3. The zero-order valence-corrected chi connectivity index (χ0v) is 8.61. The quantitative estimate of drug-likeness (QED) is 0.821. The molecule has 0 aliphatic carbocycles. The van der Waals surface area contributed by atoms with Gasteiger partial charge in [0.15, 0.2) is 0 Å². The zero-order chi connectivity index (χ0) is 10.6. The van der Waals surface area contributed by atoms with Gasteiger partial charge in [0.1, 0.15) is 0 Å². The van der Waals surface area contributed by atoms with Gasteiger partial charge >= 0.3 is 0 Å². The van der Waals surface area contributed by atoms with E-state index in [-0.39, 0.29) is 13.0 Å². The maximum absolute atomic E-state index is 13.2. The van der Waals surface area contributed by atoms with Crippen molar-refractivity contribution in [1.29, 1.82) is 0 Å². The molecule has 1 rings (SSSR count). The van der Waals surface area contributed by atoms with Gasteiger partial charge in [-0.2, -0.15) is 0 Å². The first-order valence-corrected chi connectivity index (χ1v) is 4.69. The van der Waals surface area contributed by atoms with Crippen LogP contribution in [-0.4, -0.2) is 19.5 Å². The molecule has 1 aromatic carbocycles. The molecule has 0 fully saturated rings. The topological polar surface area (TPSA) is 12.0 Å². The number of alkyl halides is 2. The molecule has 1 nitrogen and oxygen atoms in total. The van der Waals surface area contributed by atoms with Crippen molar-refractivity contribution in [1.82, 2.24) is 5.32 Å². The number of benzene rings is 1. The molecule has 1 N–H and O–H groups in total. The van der Waals surface area contributed by atoms with Gasteiger partial charge in [-0.25, -0.2) is 8.78 Å². The summed E-state index contributed by atoms with van der Waals surface area (Å²) in [5.74, 6) is -2.75. The van der Waals surface area contributed by atoms with Crippen molar-refractivity contribution < 1.29 is 8.78 Å². The molecule has 14 heavy (non-hydrogen) atoms. The second-order valence-corrected chi connectivity index (χ2v) is 3.56. The van der Waals surface area contributed by atoms with Crippen LogP contribution >= 0.6 is 11.6 Å². The van der Waals surface area contributed by atoms with Crippen LogP contribution in [0.4, 0.5) is 8.78 Å². The molecule has 0 saturated heterocycles. The molecule has 0 spiro atoms. The lowest BCUT2D eigenvalue weighted by atomic mass is 10.1. The molecule has 0 aliphatic rings. The smallest absolute Gasteiger partial charge is 0.264 e. The Hall–Kier alpha value is -0.670. The lowest BCUT2D eigenvalue weighted by Gasteiger charge is -2.16. The molecule has 0 aromatic heterocycles. The van der Waals surface area contributed by atoms with E-state index in [9.17, 15) is 8.78 Å². The number of nitrogens with one attached hydrogen (secondary N) is 1. The summed E-state index contributed by atoms with van der Waals surface area (Å²) in [4.78, 5) is 0. The first-order chi connectivity index (χ1) is 6.55. The lowest BCUT2D eigenvalue weighted by Crippen LogP contribution is -2.32. The van der Waals surface area contributed by atoms with Crippen molar-refractivity contribution >= 4 is 11.6 Å². The van der Waals surface area contributed by atoms with Crippen molar-refractivity contribution in [3.8, 4) is 0 Å². The van der Waals surface area contributed by atoms with Crippen LogP contribution in [-0.2, 0) is 6.42 Å². The Bertz CT molecular complexity index is 302. The number of rotatable bonds is 4. The average molecular weight is 220 g/mol. The van der Waals surface area contributed by atoms with Gasteiger partial charge in [-0.3, -0.25) is 0 Å². The average Bonchev–Trinajstić information content (AvgIpc) is 2.08. The van der Waals surface area contributed by atoms with Gasteiger partial charge in [-0.05, 0) is 18.7 Å². The Balaban J connectivity index is 2.73. The summed E-state index contributed by atoms with van der Waals surface area (Å²) in [6.45, 7) is -0.335. The van der Waals surface area contributed by atoms with Crippen LogP contribution in [0.1, 0.15) is 5.56 Å². The second-order valence-electron chi connectivity index (χ2n) is 3.15. The van der Waals surface area contributed by atoms with Crippen molar-refractivity contribution in [3.05, 3.63) is 34.9 Å². The third-order valence-corrected chi connectivity index (χ3v) is 2.21. The van der Waals surface area contributed by atoms with E-state index in [4.69, 9.17) is 11.6 Å². The van der Waals surface area contributed by atoms with Gasteiger partial charge in [0.05, 0.1) is 6.54 Å². The van der Waals surface area contributed by atoms with E-state index < -0.39 is 5.92 Å². The highest BCUT2D eigenvalue weighted by Crippen LogP contribution is 2.24. The number of hydrogen-bond acceptors (Lipinski definition) is 1. The summed E-state index contributed by atoms with van der Waals surface area (Å²) in [5, 5.41) is 2.85. The van der Waals surface area contributed by atoms with E-state index in [2.05, 4.69) is 5.32 Å². The van der Waals surface area contributed by atoms with Crippen LogP contribution in [0.5, 0.6) is 0 Å². The molecule has 1 aromatic rings. The van der Waals surface area contributed by atoms with Gasteiger partial charge < -0.3 is 5.32 Å². The van der Waals surface area contributed by atoms with Crippen LogP contribution < -0.4 is 5.32 Å². The Morgan fingerprint density at radius 1 is 1.36 bits per heavy atom. The van der Waals surface area contributed by atoms with Crippen molar-refractivity contribution in [2.75, 3.05) is 13.6 Å². The molecule has 0 amide bonds. The summed E-state index contributed by atoms with van der Waals surface area (Å²) < 4.78 is 26.3. The maximum Gasteiger partial charge on any atom is 0.264 e. The molecule has 0 heterocycles. The largest absolute Gasteiger partial charge is 0.314 e. The summed E-state index contributed by atoms with van der Waals surface area (Å²) in [6.07, 6.45) is -0.326. The Morgan fingerprint density at radius 3 is 2.57 bits per heavy atom. The molecule has 0 radical (unpaired) electrons. The Morgan fingerprint density at radius 2 is 2.00 bits per heavy atom. The number of halogens is 3. The third-order valence-electron chi connectivity index (χ3n) is 1.84. The van der Waals surface area contributed by atoms with E-state index >= 15 is 0 Å². The van der Waals surface area contributed by atoms with E-state index in [1.54, 1.807) is 24.3 Å². The molecule has 0 bridgehead atoms. The van der Waals surface area contributed by atoms with E-state index in [0.29, 0.717) is 10.6 Å². The highest BCUT2D eigenvalue weighted by molar-refractivity contribution is 6.31. The predicted octanol–water partition coefficient (Wildman–Crippen LogP) is 2.74. The zero-order valence-electron chi connectivity index (χ0n) is 7.86. The highest BCUT2D eigenvalue weighted by atomic mass is 35.5. The maximum atomic E-state index is 13.2. The molecule has 0 aliphatic heterocycles. The fourth-order valence-electron chi connectivity index (χ4n) is 1.24. The molecular formula is C10H12ClF2N. The van der Waals surface area contributed by atoms with E-state index in [1.807, 2.05) is 0 Å². The molecule has 0 atom stereocenters. The molecule has 78 valence electrons. The Kier molecular flexibility index (Phi) is 3.84. The van der Waals surface area contributed by atoms with Gasteiger partial charge in [0.25, 0.3) is 5.92 Å². The van der Waals surface area contributed by atoms with E-state index in [1.165, 1.54) is 7.05 Å². The first-order valence-electron chi connectivity index (χ1n) is 4.31. The first kappa shape index (κ1) is 11.4. The van der Waals surface area contributed by atoms with Crippen LogP contribution in [0.2, 0.25) is 5.02 Å². The van der Waals surface area contributed by atoms with Gasteiger partial charge in [-0.1, -0.05) is 29.8 Å². The number of hydrogen-bond donors (Lipinski definition) is 1. The summed E-state index contributed by atoms with van der Waals surface area (Å²) >= 11 is 5.78. The molecular weight excluding hydrogens is 208 g/mol. The minimum absolute atomic E-state index is 0.326. The molecule has 0 unspecified atom stereocenters. The molecule has 4 heteroatoms. The predicted molar refractivity (Wildman–Crippen MR) is 54.0 cm³/mol. The van der Waals surface area contributed by atoms with Crippen molar-refractivity contribution in [2.45, 2.75) is 12.3 Å². The fraction of sp³-hybridized carbons (Fsp3) is 0.400. The normalized spacial score (nSPS) is 11.7. The van der Waals surface area contributed by atoms with E-state index in [0.717, 1.165) is 0 Å².